The van der Waals surface area contributed by atoms with Crippen LogP contribution >= 0.6 is 15.9 Å². The van der Waals surface area contributed by atoms with Crippen LogP contribution in [0.15, 0.2) is 41.1 Å². The van der Waals surface area contributed by atoms with Crippen LogP contribution in [0.5, 0.6) is 0 Å². The number of halogens is 1. The average Bonchev–Trinajstić information content (AvgIpc) is 2.76. The molecule has 1 aromatic heterocycles. The van der Waals surface area contributed by atoms with Crippen LogP contribution in [-0.2, 0) is 17.2 Å². The third kappa shape index (κ3) is 2.03. The van der Waals surface area contributed by atoms with Gasteiger partial charge in [-0.25, -0.2) is 4.98 Å². The minimum absolute atomic E-state index is 0.0112. The molecule has 1 saturated carbocycles. The van der Waals surface area contributed by atoms with Gasteiger partial charge in [-0.15, -0.1) is 0 Å². The number of nitrogens with zero attached hydrogens (tertiary/aromatic N) is 2. The van der Waals surface area contributed by atoms with Crippen molar-refractivity contribution in [3.8, 4) is 0 Å². The predicted octanol–water partition coefficient (Wildman–Crippen LogP) is 3.28. The lowest BCUT2D eigenvalue weighted by molar-refractivity contribution is -0.00685. The van der Waals surface area contributed by atoms with Crippen molar-refractivity contribution in [1.82, 2.24) is 9.55 Å². The number of methoxy groups -OCH3 is 1. The van der Waals surface area contributed by atoms with Gasteiger partial charge in [0.25, 0.3) is 0 Å². The summed E-state index contributed by atoms with van der Waals surface area (Å²) < 4.78 is 8.71. The summed E-state index contributed by atoms with van der Waals surface area (Å²) in [6, 6.07) is 8.53. The van der Waals surface area contributed by atoms with E-state index in [9.17, 15) is 0 Å². The molecule has 1 heterocycles. The fraction of sp³-hybridized carbons (Fsp3) is 0.400. The summed E-state index contributed by atoms with van der Waals surface area (Å²) in [7, 11) is 3.84. The van der Waals surface area contributed by atoms with Gasteiger partial charge >= 0.3 is 0 Å². The Morgan fingerprint density at radius 3 is 2.79 bits per heavy atom. The lowest BCUT2D eigenvalue weighted by Crippen LogP contribution is -2.48. The molecule has 0 aliphatic heterocycles. The second-order valence-corrected chi connectivity index (χ2v) is 6.14. The van der Waals surface area contributed by atoms with Gasteiger partial charge in [-0.1, -0.05) is 28.1 Å². The van der Waals surface area contributed by atoms with Gasteiger partial charge < -0.3 is 9.30 Å². The lowest BCUT2D eigenvalue weighted by Gasteiger charge is -2.46. The van der Waals surface area contributed by atoms with Crippen LogP contribution in [0.1, 0.15) is 24.2 Å². The molecule has 3 rings (SSSR count). The van der Waals surface area contributed by atoms with E-state index in [4.69, 9.17) is 4.74 Å². The molecule has 0 atom stereocenters. The smallest absolute Gasteiger partial charge is 0.119 e. The fourth-order valence-corrected chi connectivity index (χ4v) is 3.44. The summed E-state index contributed by atoms with van der Waals surface area (Å²) in [4.78, 5) is 4.58. The van der Waals surface area contributed by atoms with Crippen LogP contribution in [0.3, 0.4) is 0 Å². The maximum absolute atomic E-state index is 5.48. The van der Waals surface area contributed by atoms with Gasteiger partial charge in [0.1, 0.15) is 5.82 Å². The SMILES string of the molecule is COC1CC(c2cccc(Br)c2)(c2nccn2C)C1. The molecule has 100 valence electrons. The summed E-state index contributed by atoms with van der Waals surface area (Å²) in [5.41, 5.74) is 1.30. The second kappa shape index (κ2) is 4.76. The molecule has 1 fully saturated rings. The van der Waals surface area contributed by atoms with E-state index < -0.39 is 0 Å². The van der Waals surface area contributed by atoms with Gasteiger partial charge in [-0.2, -0.15) is 0 Å². The van der Waals surface area contributed by atoms with Crippen molar-refractivity contribution in [3.63, 3.8) is 0 Å². The number of ether oxygens (including phenoxy) is 1. The van der Waals surface area contributed by atoms with E-state index in [2.05, 4.69) is 56.8 Å². The highest BCUT2D eigenvalue weighted by atomic mass is 79.9. The van der Waals surface area contributed by atoms with Crippen LogP contribution in [0.4, 0.5) is 0 Å². The highest BCUT2D eigenvalue weighted by Crippen LogP contribution is 2.49. The molecule has 0 bridgehead atoms. The third-order valence-corrected chi connectivity index (χ3v) is 4.61. The molecular weight excluding hydrogens is 304 g/mol. The van der Waals surface area contributed by atoms with Crippen LogP contribution in [0, 0.1) is 0 Å². The fourth-order valence-electron chi connectivity index (χ4n) is 3.04. The topological polar surface area (TPSA) is 27.1 Å². The van der Waals surface area contributed by atoms with Crippen LogP contribution in [0.25, 0.3) is 0 Å². The van der Waals surface area contributed by atoms with Crippen molar-refractivity contribution in [1.29, 1.82) is 0 Å². The van der Waals surface area contributed by atoms with Gasteiger partial charge in [0, 0.05) is 31.0 Å². The first kappa shape index (κ1) is 12.9. The van der Waals surface area contributed by atoms with Crippen molar-refractivity contribution in [3.05, 3.63) is 52.5 Å². The maximum Gasteiger partial charge on any atom is 0.119 e. The van der Waals surface area contributed by atoms with E-state index in [-0.39, 0.29) is 5.41 Å². The standard InChI is InChI=1S/C15H17BrN2O/c1-18-7-6-17-14(18)15(9-13(10-15)19-2)11-4-3-5-12(16)8-11/h3-8,13H,9-10H2,1-2H3. The Bertz CT molecular complexity index is 587. The third-order valence-electron chi connectivity index (χ3n) is 4.11. The molecule has 0 unspecified atom stereocenters. The monoisotopic (exact) mass is 320 g/mol. The van der Waals surface area contributed by atoms with Crippen LogP contribution in [0.2, 0.25) is 0 Å². The highest BCUT2D eigenvalue weighted by Gasteiger charge is 2.49. The first-order valence-electron chi connectivity index (χ1n) is 6.42. The molecule has 0 radical (unpaired) electrons. The van der Waals surface area contributed by atoms with Crippen LogP contribution in [-0.4, -0.2) is 22.8 Å². The molecule has 1 aliphatic carbocycles. The second-order valence-electron chi connectivity index (χ2n) is 5.22. The molecule has 19 heavy (non-hydrogen) atoms. The molecule has 2 aromatic rings. The molecule has 3 nitrogen and oxygen atoms in total. The molecule has 0 amide bonds. The number of aromatic nitrogens is 2. The van der Waals surface area contributed by atoms with Crippen molar-refractivity contribution in [2.75, 3.05) is 7.11 Å². The minimum atomic E-state index is -0.0112. The van der Waals surface area contributed by atoms with Crippen molar-refractivity contribution < 1.29 is 4.74 Å². The molecule has 0 saturated heterocycles. The molecule has 4 heteroatoms. The molecule has 1 aliphatic rings. The molecule has 1 aromatic carbocycles. The average molecular weight is 321 g/mol. The Balaban J connectivity index is 2.07. The van der Waals surface area contributed by atoms with E-state index in [1.807, 2.05) is 12.4 Å². The Hall–Kier alpha value is -1.13. The Morgan fingerprint density at radius 2 is 2.21 bits per heavy atom. The Kier molecular flexibility index (Phi) is 3.23. The zero-order chi connectivity index (χ0) is 13.5. The first-order chi connectivity index (χ1) is 9.15. The number of benzene rings is 1. The molecule has 0 spiro atoms. The predicted molar refractivity (Wildman–Crippen MR) is 78.2 cm³/mol. The largest absolute Gasteiger partial charge is 0.381 e. The zero-order valence-corrected chi connectivity index (χ0v) is 12.7. The van der Waals surface area contributed by atoms with Crippen molar-refractivity contribution in [2.45, 2.75) is 24.4 Å². The van der Waals surface area contributed by atoms with Crippen molar-refractivity contribution >= 4 is 15.9 Å². The zero-order valence-electron chi connectivity index (χ0n) is 11.1. The summed E-state index contributed by atoms with van der Waals surface area (Å²) in [6.07, 6.45) is 6.19. The number of imidazole rings is 1. The number of rotatable bonds is 3. The van der Waals surface area contributed by atoms with Gasteiger partial charge in [0.2, 0.25) is 0 Å². The summed E-state index contributed by atoms with van der Waals surface area (Å²) in [6.45, 7) is 0. The minimum Gasteiger partial charge on any atom is -0.381 e. The Morgan fingerprint density at radius 1 is 1.42 bits per heavy atom. The Labute approximate surface area is 121 Å². The van der Waals surface area contributed by atoms with Gasteiger partial charge in [0.15, 0.2) is 0 Å². The van der Waals surface area contributed by atoms with E-state index in [1.165, 1.54) is 5.56 Å². The number of hydrogen-bond acceptors (Lipinski definition) is 2. The van der Waals surface area contributed by atoms with E-state index >= 15 is 0 Å². The summed E-state index contributed by atoms with van der Waals surface area (Å²) in [5.74, 6) is 1.12. The van der Waals surface area contributed by atoms with Gasteiger partial charge in [-0.05, 0) is 30.5 Å². The lowest BCUT2D eigenvalue weighted by atomic mass is 9.62. The maximum atomic E-state index is 5.48. The highest BCUT2D eigenvalue weighted by molar-refractivity contribution is 9.10. The first-order valence-corrected chi connectivity index (χ1v) is 7.22. The quantitative estimate of drug-likeness (QED) is 0.867. The van der Waals surface area contributed by atoms with E-state index in [1.54, 1.807) is 7.11 Å². The van der Waals surface area contributed by atoms with E-state index in [0.717, 1.165) is 23.1 Å². The van der Waals surface area contributed by atoms with Crippen LogP contribution < -0.4 is 0 Å². The van der Waals surface area contributed by atoms with E-state index in [0.29, 0.717) is 6.10 Å². The number of hydrogen-bond donors (Lipinski definition) is 0. The summed E-state index contributed by atoms with van der Waals surface area (Å²) >= 11 is 3.56. The van der Waals surface area contributed by atoms with Crippen molar-refractivity contribution in [2.24, 2.45) is 7.05 Å². The van der Waals surface area contributed by atoms with Gasteiger partial charge in [-0.3, -0.25) is 0 Å². The van der Waals surface area contributed by atoms with Gasteiger partial charge in [0.05, 0.1) is 11.5 Å². The molecule has 0 N–H and O–H groups in total. The summed E-state index contributed by atoms with van der Waals surface area (Å²) in [5, 5.41) is 0. The number of aryl methyl sites for hydroxylation is 1. The molecular formula is C15H17BrN2O. The normalized spacial score (nSPS) is 26.2.